The molecule has 0 unspecified atom stereocenters. The van der Waals surface area contributed by atoms with Crippen LogP contribution >= 0.6 is 0 Å². The largest absolute Gasteiger partial charge is 0.404 e. The van der Waals surface area contributed by atoms with E-state index in [1.165, 1.54) is 0 Å². The zero-order chi connectivity index (χ0) is 23.9. The van der Waals surface area contributed by atoms with Crippen molar-refractivity contribution in [2.45, 2.75) is 50.6 Å². The number of aromatic nitrogens is 2. The number of amides is 1. The number of likely N-dealkylation sites (tertiary alicyclic amines) is 1. The van der Waals surface area contributed by atoms with Crippen LogP contribution in [-0.2, 0) is 12.1 Å². The topological polar surface area (TPSA) is 109 Å². The average molecular weight is 460 g/mol. The fourth-order valence-corrected chi connectivity index (χ4v) is 4.89. The number of piperidine rings is 1. The molecular weight excluding hydrogens is 433 g/mol. The number of carbonyl (C=O) groups excluding carboxylic acids is 1. The van der Waals surface area contributed by atoms with Gasteiger partial charge in [-0.25, -0.2) is 4.39 Å². The fraction of sp³-hybridized carbons (Fsp3) is 0.385. The molecule has 5 rings (SSSR count). The van der Waals surface area contributed by atoms with Crippen LogP contribution in [0.4, 0.5) is 10.4 Å². The SMILES string of the molecule is CCc1cc(C2CC2)c(-c2nnc(N)o2)cc1C(=O)N1CCC(F)(c2ccccc2C#N)CC1. The molecule has 1 amide bonds. The van der Waals surface area contributed by atoms with Crippen LogP contribution in [0.15, 0.2) is 40.8 Å². The minimum atomic E-state index is -1.63. The maximum absolute atomic E-state index is 15.8. The lowest BCUT2D eigenvalue weighted by molar-refractivity contribution is 0.0419. The van der Waals surface area contributed by atoms with Crippen molar-refractivity contribution >= 4 is 11.9 Å². The van der Waals surface area contributed by atoms with Crippen LogP contribution in [0.3, 0.4) is 0 Å². The summed E-state index contributed by atoms with van der Waals surface area (Å²) < 4.78 is 21.3. The number of alkyl halides is 1. The van der Waals surface area contributed by atoms with E-state index in [1.807, 2.05) is 13.0 Å². The first-order chi connectivity index (χ1) is 16.4. The Morgan fingerprint density at radius 1 is 1.26 bits per heavy atom. The van der Waals surface area contributed by atoms with Gasteiger partial charge in [0.1, 0.15) is 5.67 Å². The second-order valence-corrected chi connectivity index (χ2v) is 9.08. The van der Waals surface area contributed by atoms with E-state index in [-0.39, 0.29) is 37.9 Å². The van der Waals surface area contributed by atoms with Crippen LogP contribution < -0.4 is 5.73 Å². The Bertz CT molecular complexity index is 1280. The van der Waals surface area contributed by atoms with Crippen molar-refractivity contribution in [2.24, 2.45) is 0 Å². The highest BCUT2D eigenvalue weighted by atomic mass is 19.1. The first-order valence-electron chi connectivity index (χ1n) is 11.7. The van der Waals surface area contributed by atoms with Crippen molar-refractivity contribution in [2.75, 3.05) is 18.8 Å². The second-order valence-electron chi connectivity index (χ2n) is 9.08. The number of nitrogens with two attached hydrogens (primary N) is 1. The molecule has 2 fully saturated rings. The van der Waals surface area contributed by atoms with Crippen molar-refractivity contribution in [3.63, 3.8) is 0 Å². The Kier molecular flexibility index (Phi) is 5.56. The highest BCUT2D eigenvalue weighted by Gasteiger charge is 2.40. The Balaban J connectivity index is 1.43. The molecule has 1 saturated heterocycles. The predicted octanol–water partition coefficient (Wildman–Crippen LogP) is 4.73. The van der Waals surface area contributed by atoms with E-state index < -0.39 is 5.67 Å². The summed E-state index contributed by atoms with van der Waals surface area (Å²) in [5, 5.41) is 17.2. The van der Waals surface area contributed by atoms with E-state index in [2.05, 4.69) is 22.3 Å². The van der Waals surface area contributed by atoms with Gasteiger partial charge in [0.15, 0.2) is 0 Å². The Labute approximate surface area is 197 Å². The number of halogens is 1. The minimum Gasteiger partial charge on any atom is -0.404 e. The summed E-state index contributed by atoms with van der Waals surface area (Å²) in [4.78, 5) is 15.3. The fourth-order valence-electron chi connectivity index (χ4n) is 4.89. The van der Waals surface area contributed by atoms with Crippen molar-refractivity contribution in [3.05, 3.63) is 64.2 Å². The van der Waals surface area contributed by atoms with Gasteiger partial charge in [-0.15, -0.1) is 5.10 Å². The molecule has 3 aromatic rings. The molecule has 34 heavy (non-hydrogen) atoms. The number of hydrogen-bond acceptors (Lipinski definition) is 6. The van der Waals surface area contributed by atoms with Crippen LogP contribution in [0.25, 0.3) is 11.5 Å². The van der Waals surface area contributed by atoms with Crippen LogP contribution in [-0.4, -0.2) is 34.1 Å². The summed E-state index contributed by atoms with van der Waals surface area (Å²) in [6, 6.07) is 12.8. The highest BCUT2D eigenvalue weighted by Crippen LogP contribution is 2.46. The molecule has 174 valence electrons. The van der Waals surface area contributed by atoms with Gasteiger partial charge in [-0.3, -0.25) is 4.79 Å². The number of hydrogen-bond donors (Lipinski definition) is 1. The lowest BCUT2D eigenvalue weighted by atomic mass is 9.83. The number of rotatable bonds is 5. The van der Waals surface area contributed by atoms with Crippen molar-refractivity contribution < 1.29 is 13.6 Å². The van der Waals surface area contributed by atoms with Gasteiger partial charge in [0, 0.05) is 42.6 Å². The Hall–Kier alpha value is -3.73. The predicted molar refractivity (Wildman–Crippen MR) is 125 cm³/mol. The van der Waals surface area contributed by atoms with Gasteiger partial charge in [0.05, 0.1) is 11.6 Å². The van der Waals surface area contributed by atoms with Crippen LogP contribution in [0.2, 0.25) is 0 Å². The summed E-state index contributed by atoms with van der Waals surface area (Å²) in [6.45, 7) is 2.56. The molecule has 2 heterocycles. The van der Waals surface area contributed by atoms with Gasteiger partial charge in [-0.05, 0) is 48.4 Å². The third-order valence-corrected chi connectivity index (χ3v) is 6.95. The van der Waals surface area contributed by atoms with Crippen molar-refractivity contribution in [1.29, 1.82) is 5.26 Å². The third-order valence-electron chi connectivity index (χ3n) is 6.95. The second kappa shape index (κ2) is 8.56. The van der Waals surface area contributed by atoms with Gasteiger partial charge in [0.2, 0.25) is 5.89 Å². The van der Waals surface area contributed by atoms with E-state index in [4.69, 9.17) is 10.2 Å². The Morgan fingerprint density at radius 3 is 2.62 bits per heavy atom. The average Bonchev–Trinajstić information content (AvgIpc) is 3.63. The molecule has 1 aliphatic heterocycles. The minimum absolute atomic E-state index is 0.0165. The zero-order valence-corrected chi connectivity index (χ0v) is 19.1. The molecule has 0 bridgehead atoms. The van der Waals surface area contributed by atoms with Gasteiger partial charge < -0.3 is 15.1 Å². The summed E-state index contributed by atoms with van der Waals surface area (Å²) in [6.07, 6.45) is 3.16. The molecule has 1 aliphatic carbocycles. The van der Waals surface area contributed by atoms with E-state index in [0.717, 1.165) is 29.5 Å². The number of benzene rings is 2. The summed E-state index contributed by atoms with van der Waals surface area (Å²) in [5.74, 6) is 0.592. The molecule has 0 spiro atoms. The molecule has 7 nitrogen and oxygen atoms in total. The number of carbonyl (C=O) groups is 1. The number of nitriles is 1. The quantitative estimate of drug-likeness (QED) is 0.591. The smallest absolute Gasteiger partial charge is 0.313 e. The van der Waals surface area contributed by atoms with Gasteiger partial charge in [0.25, 0.3) is 5.91 Å². The van der Waals surface area contributed by atoms with Crippen LogP contribution in [0.5, 0.6) is 0 Å². The highest BCUT2D eigenvalue weighted by molar-refractivity contribution is 5.97. The van der Waals surface area contributed by atoms with E-state index in [1.54, 1.807) is 29.2 Å². The molecule has 2 N–H and O–H groups in total. The molecule has 1 aromatic heterocycles. The lowest BCUT2D eigenvalue weighted by Crippen LogP contribution is -2.43. The van der Waals surface area contributed by atoms with E-state index in [9.17, 15) is 10.1 Å². The van der Waals surface area contributed by atoms with E-state index in [0.29, 0.717) is 34.9 Å². The molecule has 8 heteroatoms. The van der Waals surface area contributed by atoms with Gasteiger partial charge >= 0.3 is 6.01 Å². The monoisotopic (exact) mass is 459 g/mol. The third kappa shape index (κ3) is 3.92. The number of aryl methyl sites for hydroxylation is 1. The number of anilines is 1. The molecule has 2 aromatic carbocycles. The molecule has 0 radical (unpaired) electrons. The number of nitrogens with zero attached hydrogens (tertiary/aromatic N) is 4. The molecule has 2 aliphatic rings. The maximum Gasteiger partial charge on any atom is 0.313 e. The standard InChI is InChI=1S/C26H26FN5O2/c1-2-16-13-19(17-7-8-17)21(23-30-31-25(29)34-23)14-20(16)24(33)32-11-9-26(27,10-12-32)22-6-4-3-5-18(22)15-28/h3-6,13-14,17H,2,7-12H2,1H3,(H2,29,31). The summed E-state index contributed by atoms with van der Waals surface area (Å²) in [5.41, 5.74) is 8.15. The van der Waals surface area contributed by atoms with Gasteiger partial charge in [-0.2, -0.15) is 5.26 Å². The van der Waals surface area contributed by atoms with E-state index >= 15 is 4.39 Å². The normalized spacial score (nSPS) is 17.4. The number of nitrogen functional groups attached to an aromatic ring is 1. The van der Waals surface area contributed by atoms with Crippen LogP contribution in [0.1, 0.15) is 71.1 Å². The zero-order valence-electron chi connectivity index (χ0n) is 19.1. The lowest BCUT2D eigenvalue weighted by Gasteiger charge is -2.37. The first-order valence-corrected chi connectivity index (χ1v) is 11.7. The van der Waals surface area contributed by atoms with Crippen molar-refractivity contribution in [1.82, 2.24) is 15.1 Å². The summed E-state index contributed by atoms with van der Waals surface area (Å²) in [7, 11) is 0. The van der Waals surface area contributed by atoms with Crippen LogP contribution in [0, 0.1) is 11.3 Å². The maximum atomic E-state index is 15.8. The van der Waals surface area contributed by atoms with Gasteiger partial charge in [-0.1, -0.05) is 36.3 Å². The molecule has 0 atom stereocenters. The van der Waals surface area contributed by atoms with Crippen molar-refractivity contribution in [3.8, 4) is 17.5 Å². The molecule has 1 saturated carbocycles. The Morgan fingerprint density at radius 2 is 2.00 bits per heavy atom. The summed E-state index contributed by atoms with van der Waals surface area (Å²) >= 11 is 0. The first kappa shape index (κ1) is 22.1. The molecular formula is C26H26FN5O2.